The van der Waals surface area contributed by atoms with Crippen LogP contribution in [0.1, 0.15) is 17.7 Å². The molecule has 2 rings (SSSR count). The molecule has 1 aromatic heterocycles. The second-order valence-corrected chi connectivity index (χ2v) is 4.04. The summed E-state index contributed by atoms with van der Waals surface area (Å²) >= 11 is 5.68. The molecule has 102 valence electrons. The molecular formula is C11H6ClF5N2. The van der Waals surface area contributed by atoms with E-state index in [1.807, 2.05) is 0 Å². The Morgan fingerprint density at radius 3 is 2.37 bits per heavy atom. The van der Waals surface area contributed by atoms with E-state index < -0.39 is 23.9 Å². The van der Waals surface area contributed by atoms with Gasteiger partial charge in [0.05, 0.1) is 11.3 Å². The van der Waals surface area contributed by atoms with Crippen LogP contribution in [-0.4, -0.2) is 9.78 Å². The van der Waals surface area contributed by atoms with E-state index in [9.17, 15) is 22.0 Å². The summed E-state index contributed by atoms with van der Waals surface area (Å²) in [6.45, 7) is 0. The summed E-state index contributed by atoms with van der Waals surface area (Å²) in [7, 11) is 0. The first-order valence-corrected chi connectivity index (χ1v) is 5.38. The molecule has 8 heteroatoms. The van der Waals surface area contributed by atoms with E-state index in [0.29, 0.717) is 0 Å². The van der Waals surface area contributed by atoms with Gasteiger partial charge < -0.3 is 0 Å². The molecule has 19 heavy (non-hydrogen) atoms. The third-order valence-corrected chi connectivity index (χ3v) is 2.60. The van der Waals surface area contributed by atoms with Crippen LogP contribution in [0.25, 0.3) is 5.69 Å². The first kappa shape index (κ1) is 13.8. The predicted molar refractivity (Wildman–Crippen MR) is 58.5 cm³/mol. The largest absolute Gasteiger partial charge is 0.416 e. The Labute approximate surface area is 109 Å². The SMILES string of the molecule is FC(F)c1cc(Cl)n(-c2cccc(C(F)(F)F)c2)n1. The van der Waals surface area contributed by atoms with Crippen molar-refractivity contribution in [3.63, 3.8) is 0 Å². The van der Waals surface area contributed by atoms with Crippen molar-refractivity contribution in [1.82, 2.24) is 9.78 Å². The van der Waals surface area contributed by atoms with Gasteiger partial charge in [0.1, 0.15) is 10.8 Å². The molecule has 0 bridgehead atoms. The van der Waals surface area contributed by atoms with Gasteiger partial charge in [0.25, 0.3) is 6.43 Å². The number of alkyl halides is 5. The Bertz CT molecular complexity index is 591. The fourth-order valence-corrected chi connectivity index (χ4v) is 1.72. The van der Waals surface area contributed by atoms with E-state index in [0.717, 1.165) is 28.9 Å². The lowest BCUT2D eigenvalue weighted by atomic mass is 10.2. The quantitative estimate of drug-likeness (QED) is 0.747. The normalized spacial score (nSPS) is 12.2. The molecule has 1 heterocycles. The van der Waals surface area contributed by atoms with Crippen LogP contribution in [0.2, 0.25) is 5.15 Å². The Morgan fingerprint density at radius 1 is 1.16 bits per heavy atom. The molecule has 0 saturated carbocycles. The summed E-state index contributed by atoms with van der Waals surface area (Å²) in [6.07, 6.45) is -7.37. The minimum absolute atomic E-state index is 0.0354. The fraction of sp³-hybridized carbons (Fsp3) is 0.182. The molecule has 2 nitrogen and oxygen atoms in total. The highest BCUT2D eigenvalue weighted by Gasteiger charge is 2.30. The van der Waals surface area contributed by atoms with Crippen LogP contribution in [0.3, 0.4) is 0 Å². The van der Waals surface area contributed by atoms with E-state index in [1.165, 1.54) is 6.07 Å². The van der Waals surface area contributed by atoms with Crippen molar-refractivity contribution in [3.8, 4) is 5.69 Å². The molecule has 0 N–H and O–H groups in total. The van der Waals surface area contributed by atoms with Crippen molar-refractivity contribution in [2.75, 3.05) is 0 Å². The van der Waals surface area contributed by atoms with Crippen LogP contribution in [-0.2, 0) is 6.18 Å². The number of rotatable bonds is 2. The topological polar surface area (TPSA) is 17.8 Å². The van der Waals surface area contributed by atoms with Crippen LogP contribution in [0.5, 0.6) is 0 Å². The van der Waals surface area contributed by atoms with Gasteiger partial charge in [-0.3, -0.25) is 0 Å². The molecule has 2 aromatic rings. The van der Waals surface area contributed by atoms with Gasteiger partial charge in [-0.1, -0.05) is 17.7 Å². The average Bonchev–Trinajstić information content (AvgIpc) is 2.71. The number of aromatic nitrogens is 2. The zero-order valence-corrected chi connectivity index (χ0v) is 9.88. The minimum atomic E-state index is -4.53. The zero-order valence-electron chi connectivity index (χ0n) is 9.13. The highest BCUT2D eigenvalue weighted by molar-refractivity contribution is 6.29. The molecule has 0 aliphatic rings. The second-order valence-electron chi connectivity index (χ2n) is 3.65. The summed E-state index contributed by atoms with van der Waals surface area (Å²) in [6, 6.07) is 5.01. The highest BCUT2D eigenvalue weighted by Crippen LogP contribution is 2.31. The van der Waals surface area contributed by atoms with Crippen LogP contribution in [0.4, 0.5) is 22.0 Å². The van der Waals surface area contributed by atoms with E-state index in [1.54, 1.807) is 0 Å². The van der Waals surface area contributed by atoms with Crippen molar-refractivity contribution >= 4 is 11.6 Å². The summed E-state index contributed by atoms with van der Waals surface area (Å²) in [5.41, 5.74) is -1.54. The van der Waals surface area contributed by atoms with Crippen molar-refractivity contribution < 1.29 is 22.0 Å². The van der Waals surface area contributed by atoms with Gasteiger partial charge in [0.15, 0.2) is 0 Å². The first-order valence-electron chi connectivity index (χ1n) is 5.00. The second kappa shape index (κ2) is 4.80. The van der Waals surface area contributed by atoms with Crippen LogP contribution >= 0.6 is 11.6 Å². The van der Waals surface area contributed by atoms with Gasteiger partial charge in [0.2, 0.25) is 0 Å². The fourth-order valence-electron chi connectivity index (χ4n) is 1.48. The number of nitrogens with zero attached hydrogens (tertiary/aromatic N) is 2. The Kier molecular flexibility index (Phi) is 3.49. The lowest BCUT2D eigenvalue weighted by Crippen LogP contribution is -2.06. The van der Waals surface area contributed by atoms with Crippen molar-refractivity contribution in [2.45, 2.75) is 12.6 Å². The summed E-state index contributed by atoms with van der Waals surface area (Å²) in [5, 5.41) is 3.28. The number of hydrogen-bond donors (Lipinski definition) is 0. The molecule has 0 atom stereocenters. The number of hydrogen-bond acceptors (Lipinski definition) is 1. The maximum Gasteiger partial charge on any atom is 0.416 e. The van der Waals surface area contributed by atoms with Gasteiger partial charge in [-0.15, -0.1) is 0 Å². The molecule has 0 amide bonds. The van der Waals surface area contributed by atoms with E-state index in [4.69, 9.17) is 11.6 Å². The summed E-state index contributed by atoms with van der Waals surface area (Å²) in [4.78, 5) is 0. The standard InChI is InChI=1S/C11H6ClF5N2/c12-9-5-8(10(13)14)18-19(9)7-3-1-2-6(4-7)11(15,16)17/h1-5,10H. The third kappa shape index (κ3) is 2.86. The monoisotopic (exact) mass is 296 g/mol. The molecule has 0 fully saturated rings. The maximum absolute atomic E-state index is 12.5. The molecule has 0 spiro atoms. The maximum atomic E-state index is 12.5. The molecule has 0 unspecified atom stereocenters. The van der Waals surface area contributed by atoms with Gasteiger partial charge in [-0.2, -0.15) is 18.3 Å². The van der Waals surface area contributed by atoms with Gasteiger partial charge >= 0.3 is 6.18 Å². The first-order chi connectivity index (χ1) is 8.79. The highest BCUT2D eigenvalue weighted by atomic mass is 35.5. The number of halogens is 6. The number of benzene rings is 1. The van der Waals surface area contributed by atoms with Crippen molar-refractivity contribution in [3.05, 3.63) is 46.7 Å². The summed E-state index contributed by atoms with van der Waals surface area (Å²) in [5.74, 6) is 0. The van der Waals surface area contributed by atoms with E-state index >= 15 is 0 Å². The van der Waals surface area contributed by atoms with Gasteiger partial charge in [-0.25, -0.2) is 13.5 Å². The summed E-state index contributed by atoms with van der Waals surface area (Å²) < 4.78 is 63.3. The smallest absolute Gasteiger partial charge is 0.222 e. The molecule has 1 aromatic carbocycles. The third-order valence-electron chi connectivity index (χ3n) is 2.33. The zero-order chi connectivity index (χ0) is 14.2. The van der Waals surface area contributed by atoms with Crippen LogP contribution in [0, 0.1) is 0 Å². The molecule has 0 aliphatic heterocycles. The predicted octanol–water partition coefficient (Wildman–Crippen LogP) is 4.48. The Hall–Kier alpha value is -1.63. The molecule has 0 radical (unpaired) electrons. The van der Waals surface area contributed by atoms with Crippen molar-refractivity contribution in [2.24, 2.45) is 0 Å². The van der Waals surface area contributed by atoms with Crippen LogP contribution < -0.4 is 0 Å². The van der Waals surface area contributed by atoms with Gasteiger partial charge in [0, 0.05) is 6.07 Å². The Morgan fingerprint density at radius 2 is 1.84 bits per heavy atom. The van der Waals surface area contributed by atoms with E-state index in [2.05, 4.69) is 5.10 Å². The van der Waals surface area contributed by atoms with Gasteiger partial charge in [-0.05, 0) is 18.2 Å². The average molecular weight is 297 g/mol. The lowest BCUT2D eigenvalue weighted by Gasteiger charge is -2.09. The molecular weight excluding hydrogens is 291 g/mol. The molecule has 0 aliphatic carbocycles. The van der Waals surface area contributed by atoms with Crippen LogP contribution in [0.15, 0.2) is 30.3 Å². The minimum Gasteiger partial charge on any atom is -0.222 e. The van der Waals surface area contributed by atoms with E-state index in [-0.39, 0.29) is 10.8 Å². The lowest BCUT2D eigenvalue weighted by molar-refractivity contribution is -0.137. The Balaban J connectivity index is 2.48. The molecule has 0 saturated heterocycles. The van der Waals surface area contributed by atoms with Crippen molar-refractivity contribution in [1.29, 1.82) is 0 Å².